The van der Waals surface area contributed by atoms with E-state index >= 15 is 0 Å². The van der Waals surface area contributed by atoms with E-state index in [2.05, 4.69) is 30.2 Å². The van der Waals surface area contributed by atoms with E-state index in [-0.39, 0.29) is 5.28 Å². The smallest absolute Gasteiger partial charge is 0.226 e. The minimum absolute atomic E-state index is 0.214. The van der Waals surface area contributed by atoms with Crippen LogP contribution in [0.25, 0.3) is 22.1 Å². The summed E-state index contributed by atoms with van der Waals surface area (Å²) in [5, 5.41) is 4.40. The number of rotatable bonds is 3. The maximum atomic E-state index is 5.93. The minimum Gasteiger partial charge on any atom is -0.364 e. The van der Waals surface area contributed by atoms with Gasteiger partial charge >= 0.3 is 0 Å². The van der Waals surface area contributed by atoms with Gasteiger partial charge in [0.15, 0.2) is 0 Å². The Kier molecular flexibility index (Phi) is 2.75. The Hall–Kier alpha value is -2.60. The van der Waals surface area contributed by atoms with Gasteiger partial charge in [-0.1, -0.05) is 0 Å². The molecule has 0 fully saturated rings. The van der Waals surface area contributed by atoms with Crippen molar-refractivity contribution in [3.8, 4) is 0 Å². The fraction of sp³-hybridized carbons (Fsp3) is 0.0714. The van der Waals surface area contributed by atoms with Gasteiger partial charge in [0.2, 0.25) is 5.28 Å². The summed E-state index contributed by atoms with van der Waals surface area (Å²) in [4.78, 5) is 19.0. The van der Waals surface area contributed by atoms with Crippen molar-refractivity contribution in [3.05, 3.63) is 47.6 Å². The molecule has 0 bridgehead atoms. The molecule has 0 spiro atoms. The number of nitrogens with one attached hydrogen (secondary N) is 3. The Balaban J connectivity index is 1.64. The highest BCUT2D eigenvalue weighted by atomic mass is 35.5. The highest BCUT2D eigenvalue weighted by Gasteiger charge is 2.08. The first-order valence-electron chi connectivity index (χ1n) is 6.47. The minimum atomic E-state index is 0.214. The van der Waals surface area contributed by atoms with Gasteiger partial charge in [-0.05, 0) is 35.9 Å². The van der Waals surface area contributed by atoms with Gasteiger partial charge in [-0.3, -0.25) is 4.98 Å². The first kappa shape index (κ1) is 12.2. The molecule has 0 aliphatic carbocycles. The normalized spacial score (nSPS) is 11.3. The predicted molar refractivity (Wildman–Crippen MR) is 82.3 cm³/mol. The molecule has 21 heavy (non-hydrogen) atoms. The molecule has 0 aliphatic rings. The second-order valence-corrected chi connectivity index (χ2v) is 5.00. The Labute approximate surface area is 124 Å². The number of hydrogen-bond donors (Lipinski definition) is 3. The number of pyridine rings is 1. The molecular formula is C14H11ClN6. The lowest BCUT2D eigenvalue weighted by atomic mass is 10.3. The summed E-state index contributed by atoms with van der Waals surface area (Å²) in [7, 11) is 0. The second-order valence-electron chi connectivity index (χ2n) is 4.67. The molecule has 0 aliphatic heterocycles. The van der Waals surface area contributed by atoms with Crippen LogP contribution in [-0.2, 0) is 6.54 Å². The molecule has 0 atom stereocenters. The lowest BCUT2D eigenvalue weighted by Crippen LogP contribution is -2.03. The number of aromatic amines is 2. The Morgan fingerprint density at radius 2 is 2.19 bits per heavy atom. The number of nitrogens with zero attached hydrogens (tertiary/aromatic N) is 3. The number of aromatic nitrogens is 5. The molecule has 3 N–H and O–H groups in total. The van der Waals surface area contributed by atoms with E-state index in [9.17, 15) is 0 Å². The molecule has 0 aromatic carbocycles. The molecular weight excluding hydrogens is 288 g/mol. The van der Waals surface area contributed by atoms with Crippen LogP contribution in [0.5, 0.6) is 0 Å². The zero-order chi connectivity index (χ0) is 14.2. The topological polar surface area (TPSA) is 82.3 Å². The summed E-state index contributed by atoms with van der Waals surface area (Å²) in [6, 6.07) is 7.83. The lowest BCUT2D eigenvalue weighted by molar-refractivity contribution is 1.06. The van der Waals surface area contributed by atoms with Gasteiger partial charge in [-0.2, -0.15) is 4.98 Å². The van der Waals surface area contributed by atoms with Crippen molar-refractivity contribution in [2.75, 3.05) is 5.32 Å². The van der Waals surface area contributed by atoms with Gasteiger partial charge in [0.1, 0.15) is 11.5 Å². The van der Waals surface area contributed by atoms with Crippen molar-refractivity contribution in [2.24, 2.45) is 0 Å². The van der Waals surface area contributed by atoms with Crippen LogP contribution in [0, 0.1) is 0 Å². The number of fused-ring (bicyclic) bond motifs is 2. The monoisotopic (exact) mass is 298 g/mol. The van der Waals surface area contributed by atoms with Crippen molar-refractivity contribution in [2.45, 2.75) is 6.54 Å². The molecule has 0 unspecified atom stereocenters. The molecule has 104 valence electrons. The van der Waals surface area contributed by atoms with E-state index in [1.165, 1.54) is 0 Å². The zero-order valence-corrected chi connectivity index (χ0v) is 11.6. The molecule has 7 heteroatoms. The van der Waals surface area contributed by atoms with Gasteiger partial charge in [0, 0.05) is 18.1 Å². The van der Waals surface area contributed by atoms with E-state index in [1.54, 1.807) is 6.20 Å². The summed E-state index contributed by atoms with van der Waals surface area (Å²) < 4.78 is 0. The summed E-state index contributed by atoms with van der Waals surface area (Å²) in [6.07, 6.45) is 3.59. The highest BCUT2D eigenvalue weighted by molar-refractivity contribution is 6.28. The fourth-order valence-electron chi connectivity index (χ4n) is 2.34. The predicted octanol–water partition coefficient (Wildman–Crippen LogP) is 3.10. The van der Waals surface area contributed by atoms with Gasteiger partial charge in [-0.25, -0.2) is 4.98 Å². The Morgan fingerprint density at radius 1 is 1.24 bits per heavy atom. The van der Waals surface area contributed by atoms with Crippen molar-refractivity contribution in [1.29, 1.82) is 0 Å². The fourth-order valence-corrected chi connectivity index (χ4v) is 2.50. The first-order valence-corrected chi connectivity index (χ1v) is 6.84. The van der Waals surface area contributed by atoms with Crippen LogP contribution in [0.1, 0.15) is 5.69 Å². The van der Waals surface area contributed by atoms with E-state index in [0.717, 1.165) is 27.8 Å². The van der Waals surface area contributed by atoms with Crippen LogP contribution < -0.4 is 5.32 Å². The van der Waals surface area contributed by atoms with Crippen LogP contribution >= 0.6 is 11.6 Å². The van der Waals surface area contributed by atoms with Crippen molar-refractivity contribution < 1.29 is 0 Å². The first-order chi connectivity index (χ1) is 10.3. The number of hydrogen-bond acceptors (Lipinski definition) is 4. The molecule has 4 aromatic heterocycles. The lowest BCUT2D eigenvalue weighted by Gasteiger charge is -2.05. The third-order valence-electron chi connectivity index (χ3n) is 3.28. The van der Waals surface area contributed by atoms with Gasteiger partial charge in [-0.15, -0.1) is 0 Å². The van der Waals surface area contributed by atoms with Gasteiger partial charge < -0.3 is 15.3 Å². The molecule has 4 heterocycles. The average molecular weight is 299 g/mol. The van der Waals surface area contributed by atoms with E-state index in [4.69, 9.17) is 11.6 Å². The average Bonchev–Trinajstić information content (AvgIpc) is 3.10. The van der Waals surface area contributed by atoms with Crippen molar-refractivity contribution in [3.63, 3.8) is 0 Å². The largest absolute Gasteiger partial charge is 0.364 e. The van der Waals surface area contributed by atoms with E-state index in [1.807, 2.05) is 30.5 Å². The Bertz CT molecular complexity index is 892. The summed E-state index contributed by atoms with van der Waals surface area (Å²) in [5.74, 6) is 0.706. The second kappa shape index (κ2) is 4.75. The molecule has 0 amide bonds. The maximum absolute atomic E-state index is 5.93. The van der Waals surface area contributed by atoms with Crippen LogP contribution in [0.3, 0.4) is 0 Å². The summed E-state index contributed by atoms with van der Waals surface area (Å²) in [6.45, 7) is 0.601. The maximum Gasteiger partial charge on any atom is 0.226 e. The molecule has 4 rings (SSSR count). The number of H-pyrrole nitrogens is 2. The van der Waals surface area contributed by atoms with Crippen molar-refractivity contribution in [1.82, 2.24) is 24.9 Å². The summed E-state index contributed by atoms with van der Waals surface area (Å²) in [5.41, 5.74) is 3.71. The molecule has 0 radical (unpaired) electrons. The van der Waals surface area contributed by atoms with E-state index in [0.29, 0.717) is 12.4 Å². The zero-order valence-electron chi connectivity index (χ0n) is 10.9. The molecule has 6 nitrogen and oxygen atoms in total. The van der Waals surface area contributed by atoms with E-state index < -0.39 is 0 Å². The van der Waals surface area contributed by atoms with Crippen LogP contribution in [0.15, 0.2) is 36.7 Å². The number of halogens is 1. The van der Waals surface area contributed by atoms with Crippen molar-refractivity contribution >= 4 is 39.5 Å². The quantitative estimate of drug-likeness (QED) is 0.508. The van der Waals surface area contributed by atoms with Gasteiger partial charge in [0.25, 0.3) is 0 Å². The summed E-state index contributed by atoms with van der Waals surface area (Å²) >= 11 is 5.93. The molecule has 4 aromatic rings. The SMILES string of the molecule is Clc1nc(NCc2cc3ncccc3[nH]2)c2cc[nH]c2n1. The third kappa shape index (κ3) is 2.19. The van der Waals surface area contributed by atoms with Crippen LogP contribution in [0.4, 0.5) is 5.82 Å². The highest BCUT2D eigenvalue weighted by Crippen LogP contribution is 2.22. The van der Waals surface area contributed by atoms with Crippen LogP contribution in [0.2, 0.25) is 5.28 Å². The number of anilines is 1. The standard InChI is InChI=1S/C14H11ClN6/c15-14-20-12-9(3-5-17-12)13(21-14)18-7-8-6-11-10(19-8)2-1-4-16-11/h1-6,19H,7H2,(H2,17,18,20,21). The molecule has 0 saturated carbocycles. The van der Waals surface area contributed by atoms with Crippen LogP contribution in [-0.4, -0.2) is 24.9 Å². The molecule has 0 saturated heterocycles. The third-order valence-corrected chi connectivity index (χ3v) is 3.45. The van der Waals surface area contributed by atoms with Gasteiger partial charge in [0.05, 0.1) is 23.0 Å². The Morgan fingerprint density at radius 3 is 3.10 bits per heavy atom.